The number of carboxylic acid groups (broad SMARTS) is 1. The van der Waals surface area contributed by atoms with Crippen LogP contribution in [0.5, 0.6) is 5.75 Å². The number of rotatable bonds is 6. The molecule has 1 amide bonds. The van der Waals surface area contributed by atoms with Crippen molar-refractivity contribution < 1.29 is 23.8 Å². The number of benzene rings is 1. The summed E-state index contributed by atoms with van der Waals surface area (Å²) in [6.07, 6.45) is 2.63. The summed E-state index contributed by atoms with van der Waals surface area (Å²) in [5, 5.41) is 9.88. The van der Waals surface area contributed by atoms with Gasteiger partial charge in [-0.15, -0.1) is 0 Å². The third kappa shape index (κ3) is 4.48. The van der Waals surface area contributed by atoms with Crippen LogP contribution in [0.25, 0.3) is 11.0 Å². The lowest BCUT2D eigenvalue weighted by molar-refractivity contribution is -0.146. The smallest absolute Gasteiger partial charge is 0.336 e. The summed E-state index contributed by atoms with van der Waals surface area (Å²) in [6.45, 7) is 2.75. The van der Waals surface area contributed by atoms with Gasteiger partial charge in [0.1, 0.15) is 11.3 Å². The number of carboxylic acids is 1. The molecule has 1 aliphatic heterocycles. The van der Waals surface area contributed by atoms with E-state index in [1.165, 1.54) is 6.07 Å². The first kappa shape index (κ1) is 18.9. The highest BCUT2D eigenvalue weighted by molar-refractivity contribution is 5.82. The average Bonchev–Trinajstić information content (AvgIpc) is 2.66. The second-order valence-corrected chi connectivity index (χ2v) is 6.78. The first-order valence-electron chi connectivity index (χ1n) is 9.18. The molecule has 0 unspecified atom stereocenters. The van der Waals surface area contributed by atoms with Gasteiger partial charge < -0.3 is 19.2 Å². The van der Waals surface area contributed by atoms with E-state index in [1.54, 1.807) is 17.0 Å². The summed E-state index contributed by atoms with van der Waals surface area (Å²) < 4.78 is 10.8. The molecule has 0 spiro atoms. The fourth-order valence-corrected chi connectivity index (χ4v) is 3.39. The van der Waals surface area contributed by atoms with Gasteiger partial charge in [-0.1, -0.05) is 13.3 Å². The fraction of sp³-hybridized carbons (Fsp3) is 0.450. The van der Waals surface area contributed by atoms with Crippen LogP contribution in [-0.4, -0.2) is 41.6 Å². The number of hydrogen-bond acceptors (Lipinski definition) is 5. The molecule has 2 heterocycles. The van der Waals surface area contributed by atoms with Crippen LogP contribution in [0, 0.1) is 5.92 Å². The van der Waals surface area contributed by atoms with Gasteiger partial charge in [-0.25, -0.2) is 4.79 Å². The minimum atomic E-state index is -0.807. The van der Waals surface area contributed by atoms with Crippen LogP contribution in [0.3, 0.4) is 0 Å². The van der Waals surface area contributed by atoms with E-state index in [2.05, 4.69) is 0 Å². The van der Waals surface area contributed by atoms with Crippen LogP contribution < -0.4 is 10.4 Å². The highest BCUT2D eigenvalue weighted by Gasteiger charge is 2.27. The molecule has 27 heavy (non-hydrogen) atoms. The molecule has 3 rings (SSSR count). The highest BCUT2D eigenvalue weighted by atomic mass is 16.5. The third-order valence-corrected chi connectivity index (χ3v) is 4.88. The Bertz CT molecular complexity index is 895. The number of likely N-dealkylation sites (tertiary alicyclic amines) is 1. The number of aryl methyl sites for hydroxylation is 1. The number of carbonyl (C=O) groups excluding carboxylic acids is 1. The van der Waals surface area contributed by atoms with E-state index in [1.807, 2.05) is 13.0 Å². The van der Waals surface area contributed by atoms with Gasteiger partial charge in [0.25, 0.3) is 5.91 Å². The van der Waals surface area contributed by atoms with Crippen LogP contribution in [0.4, 0.5) is 0 Å². The van der Waals surface area contributed by atoms with Crippen molar-refractivity contribution in [1.82, 2.24) is 4.90 Å². The maximum Gasteiger partial charge on any atom is 0.336 e. The van der Waals surface area contributed by atoms with Crippen molar-refractivity contribution in [3.63, 3.8) is 0 Å². The number of aliphatic carboxylic acids is 1. The monoisotopic (exact) mass is 373 g/mol. The summed E-state index contributed by atoms with van der Waals surface area (Å²) in [4.78, 5) is 36.6. The molecular weight excluding hydrogens is 350 g/mol. The Kier molecular flexibility index (Phi) is 5.78. The van der Waals surface area contributed by atoms with Crippen LogP contribution in [-0.2, 0) is 16.0 Å². The second-order valence-electron chi connectivity index (χ2n) is 6.78. The van der Waals surface area contributed by atoms with Gasteiger partial charge in [0.05, 0.1) is 5.92 Å². The van der Waals surface area contributed by atoms with Crippen molar-refractivity contribution in [2.24, 2.45) is 5.92 Å². The minimum absolute atomic E-state index is 0.137. The zero-order chi connectivity index (χ0) is 19.4. The van der Waals surface area contributed by atoms with E-state index in [0.717, 1.165) is 23.8 Å². The maximum atomic E-state index is 12.3. The van der Waals surface area contributed by atoms with E-state index >= 15 is 0 Å². The molecule has 1 saturated heterocycles. The quantitative estimate of drug-likeness (QED) is 0.781. The largest absolute Gasteiger partial charge is 0.484 e. The van der Waals surface area contributed by atoms with Crippen molar-refractivity contribution in [1.29, 1.82) is 0 Å². The zero-order valence-corrected chi connectivity index (χ0v) is 15.3. The first-order valence-corrected chi connectivity index (χ1v) is 9.18. The second kappa shape index (κ2) is 8.24. The van der Waals surface area contributed by atoms with E-state index < -0.39 is 11.6 Å². The molecule has 1 aromatic carbocycles. The Morgan fingerprint density at radius 2 is 2.00 bits per heavy atom. The van der Waals surface area contributed by atoms with Crippen molar-refractivity contribution >= 4 is 22.8 Å². The van der Waals surface area contributed by atoms with Gasteiger partial charge in [0.2, 0.25) is 0 Å². The van der Waals surface area contributed by atoms with Gasteiger partial charge in [0.15, 0.2) is 6.61 Å². The van der Waals surface area contributed by atoms with Gasteiger partial charge in [-0.3, -0.25) is 9.59 Å². The van der Waals surface area contributed by atoms with E-state index in [-0.39, 0.29) is 18.4 Å². The zero-order valence-electron chi connectivity index (χ0n) is 15.3. The number of amides is 1. The molecule has 0 radical (unpaired) electrons. The van der Waals surface area contributed by atoms with E-state index in [0.29, 0.717) is 37.3 Å². The van der Waals surface area contributed by atoms with Crippen LogP contribution in [0.2, 0.25) is 0 Å². The van der Waals surface area contributed by atoms with Gasteiger partial charge >= 0.3 is 11.6 Å². The molecule has 0 saturated carbocycles. The lowest BCUT2D eigenvalue weighted by atomic mass is 9.97. The topological polar surface area (TPSA) is 97.0 Å². The predicted octanol–water partition coefficient (Wildman–Crippen LogP) is 2.45. The van der Waals surface area contributed by atoms with Crippen LogP contribution >= 0.6 is 0 Å². The molecule has 0 atom stereocenters. The molecule has 2 aromatic rings. The number of fused-ring (bicyclic) bond motifs is 1. The normalized spacial score (nSPS) is 15.1. The average molecular weight is 373 g/mol. The van der Waals surface area contributed by atoms with Crippen molar-refractivity contribution in [3.05, 3.63) is 40.2 Å². The Balaban J connectivity index is 1.64. The molecule has 144 valence electrons. The highest BCUT2D eigenvalue weighted by Crippen LogP contribution is 2.24. The standard InChI is InChI=1S/C20H23NO6/c1-2-3-14-10-19(23)27-17-11-15(4-5-16(14)17)26-12-18(22)21-8-6-13(7-9-21)20(24)25/h4-5,10-11,13H,2-3,6-9,12H2,1H3,(H,24,25). The summed E-state index contributed by atoms with van der Waals surface area (Å²) in [5.74, 6) is -0.915. The summed E-state index contributed by atoms with van der Waals surface area (Å²) in [7, 11) is 0. The number of ether oxygens (including phenoxy) is 1. The number of piperidine rings is 1. The molecular formula is C20H23NO6. The van der Waals surface area contributed by atoms with Crippen LogP contribution in [0.1, 0.15) is 31.7 Å². The number of hydrogen-bond donors (Lipinski definition) is 1. The predicted molar refractivity (Wildman–Crippen MR) is 98.9 cm³/mol. The number of carbonyl (C=O) groups is 2. The third-order valence-electron chi connectivity index (χ3n) is 4.88. The lowest BCUT2D eigenvalue weighted by Gasteiger charge is -2.30. The summed E-state index contributed by atoms with van der Waals surface area (Å²) in [6, 6.07) is 6.73. The Labute approximate surface area is 156 Å². The Hall–Kier alpha value is -2.83. The Morgan fingerprint density at radius 1 is 1.26 bits per heavy atom. The molecule has 1 aliphatic rings. The first-order chi connectivity index (χ1) is 13.0. The number of nitrogens with zero attached hydrogens (tertiary/aromatic N) is 1. The SMILES string of the molecule is CCCc1cc(=O)oc2cc(OCC(=O)N3CCC(C(=O)O)CC3)ccc12. The van der Waals surface area contributed by atoms with Crippen molar-refractivity contribution in [2.75, 3.05) is 19.7 Å². The van der Waals surface area contributed by atoms with Crippen molar-refractivity contribution in [3.8, 4) is 5.75 Å². The molecule has 7 heteroatoms. The van der Waals surface area contributed by atoms with Crippen LogP contribution in [0.15, 0.2) is 33.5 Å². The summed E-state index contributed by atoms with van der Waals surface area (Å²) in [5.41, 5.74) is 0.978. The fourth-order valence-electron chi connectivity index (χ4n) is 3.39. The van der Waals surface area contributed by atoms with Gasteiger partial charge in [-0.05, 0) is 37.0 Å². The van der Waals surface area contributed by atoms with Gasteiger partial charge in [-0.2, -0.15) is 0 Å². The summed E-state index contributed by atoms with van der Waals surface area (Å²) >= 11 is 0. The van der Waals surface area contributed by atoms with E-state index in [4.69, 9.17) is 14.3 Å². The molecule has 1 aromatic heterocycles. The molecule has 1 N–H and O–H groups in total. The van der Waals surface area contributed by atoms with Gasteiger partial charge in [0, 0.05) is 30.6 Å². The molecule has 7 nitrogen and oxygen atoms in total. The molecule has 1 fully saturated rings. The van der Waals surface area contributed by atoms with E-state index in [9.17, 15) is 14.4 Å². The molecule has 0 bridgehead atoms. The lowest BCUT2D eigenvalue weighted by Crippen LogP contribution is -2.42. The minimum Gasteiger partial charge on any atom is -0.484 e. The Morgan fingerprint density at radius 3 is 2.67 bits per heavy atom. The van der Waals surface area contributed by atoms with Crippen molar-refractivity contribution in [2.45, 2.75) is 32.6 Å². The maximum absolute atomic E-state index is 12.3. The molecule has 0 aliphatic carbocycles.